The van der Waals surface area contributed by atoms with Gasteiger partial charge < -0.3 is 14.6 Å². The molecule has 196 valence electrons. The summed E-state index contributed by atoms with van der Waals surface area (Å²) >= 11 is 1.05. The second kappa shape index (κ2) is 10.1. The lowest BCUT2D eigenvalue weighted by molar-refractivity contribution is -0.132. The van der Waals surface area contributed by atoms with Gasteiger partial charge in [0, 0.05) is 18.9 Å². The minimum Gasteiger partial charge on any atom is -0.507 e. The Kier molecular flexibility index (Phi) is 6.79. The first-order valence-electron chi connectivity index (χ1n) is 12.5. The number of hydrogen-bond donors (Lipinski definition) is 1. The quantitative estimate of drug-likeness (QED) is 0.188. The Bertz CT molecular complexity index is 1490. The highest BCUT2D eigenvalue weighted by Gasteiger charge is 2.48. The van der Waals surface area contributed by atoms with Crippen molar-refractivity contribution in [2.75, 3.05) is 11.5 Å². The number of anilines is 1. The van der Waals surface area contributed by atoms with E-state index in [9.17, 15) is 19.5 Å². The molecule has 1 fully saturated rings. The first kappa shape index (κ1) is 25.7. The first-order valence-corrected chi connectivity index (χ1v) is 13.3. The number of fused-ring (bicyclic) bond motifs is 1. The van der Waals surface area contributed by atoms with Crippen LogP contribution in [0.4, 0.5) is 5.13 Å². The van der Waals surface area contributed by atoms with Crippen molar-refractivity contribution in [1.29, 1.82) is 0 Å². The van der Waals surface area contributed by atoms with Gasteiger partial charge in [-0.3, -0.25) is 19.3 Å². The van der Waals surface area contributed by atoms with Crippen molar-refractivity contribution < 1.29 is 29.0 Å². The first-order chi connectivity index (χ1) is 18.2. The minimum atomic E-state index is -0.964. The number of carbonyl (C=O) groups is 3. The maximum Gasteiger partial charge on any atom is 0.301 e. The number of ether oxygens (including phenoxy) is 2. The predicted molar refractivity (Wildman–Crippen MR) is 144 cm³/mol. The topological polar surface area (TPSA) is 106 Å². The van der Waals surface area contributed by atoms with Crippen LogP contribution in [0.25, 0.3) is 5.76 Å². The zero-order valence-corrected chi connectivity index (χ0v) is 22.4. The Morgan fingerprint density at radius 2 is 2.03 bits per heavy atom. The molecule has 0 unspecified atom stereocenters. The molecular formula is C29H28N2O6S. The molecule has 2 atom stereocenters. The third kappa shape index (κ3) is 4.47. The molecule has 2 aromatic carbocycles. The van der Waals surface area contributed by atoms with E-state index in [4.69, 9.17) is 9.47 Å². The molecule has 5 rings (SSSR count). The lowest BCUT2D eigenvalue weighted by Crippen LogP contribution is -2.29. The smallest absolute Gasteiger partial charge is 0.301 e. The number of thiazole rings is 1. The number of carbonyl (C=O) groups excluding carboxylic acids is 3. The Labute approximate surface area is 224 Å². The summed E-state index contributed by atoms with van der Waals surface area (Å²) in [4.78, 5) is 45.3. The minimum absolute atomic E-state index is 0.0162. The van der Waals surface area contributed by atoms with E-state index in [0.29, 0.717) is 40.5 Å². The Morgan fingerprint density at radius 1 is 1.24 bits per heavy atom. The Hall–Kier alpha value is -3.98. The van der Waals surface area contributed by atoms with Crippen LogP contribution in [-0.4, -0.2) is 40.3 Å². The lowest BCUT2D eigenvalue weighted by Gasteiger charge is -2.23. The average Bonchev–Trinajstić information content (AvgIpc) is 3.54. The van der Waals surface area contributed by atoms with Crippen LogP contribution < -0.4 is 14.4 Å². The van der Waals surface area contributed by atoms with Crippen LogP contribution in [0.5, 0.6) is 11.5 Å². The summed E-state index contributed by atoms with van der Waals surface area (Å²) in [5.74, 6) is -0.782. The van der Waals surface area contributed by atoms with E-state index in [1.807, 2.05) is 13.8 Å². The molecule has 3 aromatic rings. The summed E-state index contributed by atoms with van der Waals surface area (Å²) in [5, 5.41) is 11.7. The van der Waals surface area contributed by atoms with Crippen molar-refractivity contribution in [3.63, 3.8) is 0 Å². The molecule has 1 saturated heterocycles. The van der Waals surface area contributed by atoms with E-state index in [2.05, 4.69) is 4.98 Å². The number of amides is 1. The fourth-order valence-electron chi connectivity index (χ4n) is 4.88. The van der Waals surface area contributed by atoms with Crippen LogP contribution in [-0.2, 0) is 16.0 Å². The summed E-state index contributed by atoms with van der Waals surface area (Å²) in [6.07, 6.45) is 1.51. The highest BCUT2D eigenvalue weighted by molar-refractivity contribution is 7.18. The van der Waals surface area contributed by atoms with Gasteiger partial charge in [-0.25, -0.2) is 4.98 Å². The molecule has 3 heterocycles. The highest BCUT2D eigenvalue weighted by atomic mass is 32.1. The molecular weight excluding hydrogens is 504 g/mol. The highest BCUT2D eigenvalue weighted by Crippen LogP contribution is 2.45. The normalized spacial score (nSPS) is 19.9. The number of ketones is 2. The molecule has 2 aliphatic rings. The molecule has 9 heteroatoms. The number of aromatic nitrogens is 1. The summed E-state index contributed by atoms with van der Waals surface area (Å²) in [6, 6.07) is 11.4. The van der Waals surface area contributed by atoms with Gasteiger partial charge in [0.15, 0.2) is 10.9 Å². The second-order valence-electron chi connectivity index (χ2n) is 9.51. The van der Waals surface area contributed by atoms with Gasteiger partial charge in [0.2, 0.25) is 0 Å². The molecule has 0 aliphatic carbocycles. The van der Waals surface area contributed by atoms with E-state index in [1.54, 1.807) is 49.4 Å². The maximum absolute atomic E-state index is 13.5. The third-order valence-electron chi connectivity index (χ3n) is 6.57. The van der Waals surface area contributed by atoms with Crippen LogP contribution in [0.3, 0.4) is 0 Å². The number of benzene rings is 2. The van der Waals surface area contributed by atoms with Gasteiger partial charge in [0.25, 0.3) is 5.78 Å². The zero-order valence-electron chi connectivity index (χ0n) is 21.6. The molecule has 0 spiro atoms. The maximum atomic E-state index is 13.5. The SMILES string of the molecule is CCCOc1cccc([C@@H]2C(=C(O)c3ccc4c(c3)C[C@@H](C)O4)C(=O)C(=O)N2c2nc(C)c(C(C)=O)s2)c1. The van der Waals surface area contributed by atoms with Crippen molar-refractivity contribution in [2.45, 2.75) is 52.7 Å². The van der Waals surface area contributed by atoms with Gasteiger partial charge in [-0.1, -0.05) is 30.4 Å². The monoisotopic (exact) mass is 532 g/mol. The van der Waals surface area contributed by atoms with Gasteiger partial charge in [-0.05, 0) is 61.7 Å². The van der Waals surface area contributed by atoms with Crippen LogP contribution in [0.2, 0.25) is 0 Å². The fourth-order valence-corrected chi connectivity index (χ4v) is 5.87. The van der Waals surface area contributed by atoms with Crippen molar-refractivity contribution in [3.05, 3.63) is 75.3 Å². The van der Waals surface area contributed by atoms with Crippen molar-refractivity contribution >= 4 is 39.7 Å². The summed E-state index contributed by atoms with van der Waals surface area (Å²) < 4.78 is 11.6. The summed E-state index contributed by atoms with van der Waals surface area (Å²) in [5.41, 5.74) is 2.35. The average molecular weight is 533 g/mol. The van der Waals surface area contributed by atoms with E-state index in [1.165, 1.54) is 11.8 Å². The summed E-state index contributed by atoms with van der Waals surface area (Å²) in [6.45, 7) is 7.59. The molecule has 8 nitrogen and oxygen atoms in total. The van der Waals surface area contributed by atoms with Crippen molar-refractivity contribution in [3.8, 4) is 11.5 Å². The van der Waals surface area contributed by atoms with Gasteiger partial charge in [0.05, 0.1) is 28.8 Å². The molecule has 38 heavy (non-hydrogen) atoms. The fraction of sp³-hybridized carbons (Fsp3) is 0.310. The lowest BCUT2D eigenvalue weighted by atomic mass is 9.94. The van der Waals surface area contributed by atoms with E-state index in [0.717, 1.165) is 29.1 Å². The predicted octanol–water partition coefficient (Wildman–Crippen LogP) is 5.39. The summed E-state index contributed by atoms with van der Waals surface area (Å²) in [7, 11) is 0. The van der Waals surface area contributed by atoms with E-state index in [-0.39, 0.29) is 28.4 Å². The molecule has 2 aliphatic heterocycles. The Morgan fingerprint density at radius 3 is 2.74 bits per heavy atom. The molecule has 0 saturated carbocycles. The number of aliphatic hydroxyl groups excluding tert-OH is 1. The number of Topliss-reactive ketones (excluding diaryl/α,β-unsaturated/α-hetero) is 2. The van der Waals surface area contributed by atoms with Crippen LogP contribution in [0.15, 0.2) is 48.0 Å². The van der Waals surface area contributed by atoms with Crippen LogP contribution in [0, 0.1) is 6.92 Å². The van der Waals surface area contributed by atoms with E-state index < -0.39 is 17.7 Å². The van der Waals surface area contributed by atoms with Crippen LogP contribution in [0.1, 0.15) is 65.3 Å². The van der Waals surface area contributed by atoms with Gasteiger partial charge in [-0.15, -0.1) is 0 Å². The molecule has 1 N–H and O–H groups in total. The molecule has 1 aromatic heterocycles. The molecule has 1 amide bonds. The number of aryl methyl sites for hydroxylation is 1. The zero-order chi connectivity index (χ0) is 27.1. The standard InChI is InChI=1S/C29H28N2O6S/c1-5-11-36-21-8-6-7-18(14-21)24-23(25(33)19-9-10-22-20(13-19)12-15(2)37-22)26(34)28(35)31(24)29-30-16(3)27(38-29)17(4)32/h6-10,13-15,24,33H,5,11-12H2,1-4H3/t15-,24-/m1/s1. The molecule has 0 radical (unpaired) electrons. The molecule has 0 bridgehead atoms. The van der Waals surface area contributed by atoms with Crippen LogP contribution >= 0.6 is 11.3 Å². The third-order valence-corrected chi connectivity index (χ3v) is 7.83. The number of nitrogens with zero attached hydrogens (tertiary/aromatic N) is 2. The number of rotatable bonds is 7. The van der Waals surface area contributed by atoms with Crippen molar-refractivity contribution in [2.24, 2.45) is 0 Å². The second-order valence-corrected chi connectivity index (χ2v) is 10.5. The van der Waals surface area contributed by atoms with Crippen molar-refractivity contribution in [1.82, 2.24) is 4.98 Å². The largest absolute Gasteiger partial charge is 0.507 e. The Balaban J connectivity index is 1.68. The number of aliphatic hydroxyl groups is 1. The van der Waals surface area contributed by atoms with Gasteiger partial charge in [0.1, 0.15) is 23.4 Å². The van der Waals surface area contributed by atoms with Gasteiger partial charge >= 0.3 is 5.91 Å². The van der Waals surface area contributed by atoms with Gasteiger partial charge in [-0.2, -0.15) is 0 Å². The van der Waals surface area contributed by atoms with E-state index >= 15 is 0 Å². The number of hydrogen-bond acceptors (Lipinski definition) is 8.